The quantitative estimate of drug-likeness (QED) is 0.489. The minimum Gasteiger partial charge on any atom is -0.377 e. The van der Waals surface area contributed by atoms with Crippen LogP contribution in [0.4, 0.5) is 5.82 Å². The van der Waals surface area contributed by atoms with Gasteiger partial charge in [-0.25, -0.2) is 4.98 Å². The third kappa shape index (κ3) is 4.36. The molecule has 1 aliphatic carbocycles. The molecule has 3 aromatic rings. The summed E-state index contributed by atoms with van der Waals surface area (Å²) in [5, 5.41) is 7.43. The predicted octanol–water partition coefficient (Wildman–Crippen LogP) is 4.68. The van der Waals surface area contributed by atoms with E-state index in [1.165, 1.54) is 5.70 Å². The van der Waals surface area contributed by atoms with Crippen LogP contribution in [-0.2, 0) is 6.54 Å². The molecule has 0 saturated heterocycles. The molecule has 1 aliphatic heterocycles. The van der Waals surface area contributed by atoms with Crippen LogP contribution in [0.1, 0.15) is 33.0 Å². The summed E-state index contributed by atoms with van der Waals surface area (Å²) >= 11 is 0. The monoisotopic (exact) mass is 448 g/mol. The van der Waals surface area contributed by atoms with Gasteiger partial charge < -0.3 is 25.4 Å². The Morgan fingerprint density at radius 1 is 1.12 bits per heavy atom. The molecular weight excluding hydrogens is 412 g/mol. The zero-order valence-corrected chi connectivity index (χ0v) is 19.4. The van der Waals surface area contributed by atoms with Gasteiger partial charge in [0, 0.05) is 65.1 Å². The molecule has 3 N–H and O–H groups in total. The highest BCUT2D eigenvalue weighted by Crippen LogP contribution is 2.31. The van der Waals surface area contributed by atoms with E-state index in [1.807, 2.05) is 24.4 Å². The molecule has 176 valence electrons. The van der Waals surface area contributed by atoms with Crippen LogP contribution in [0.15, 0.2) is 60.1 Å². The summed E-state index contributed by atoms with van der Waals surface area (Å²) in [6, 6.07) is 10.1. The molecule has 5 rings (SSSR count). The summed E-state index contributed by atoms with van der Waals surface area (Å²) in [7, 11) is 6.37. The lowest BCUT2D eigenvalue weighted by Crippen LogP contribution is -2.29. The number of carbonyl (C=O) groups excluding carboxylic acids is 1. The van der Waals surface area contributed by atoms with Crippen LogP contribution in [0.5, 0.6) is 0 Å². The van der Waals surface area contributed by atoms with E-state index in [-0.39, 0.29) is 10.2 Å². The molecule has 0 spiro atoms. The number of hydrogen-bond acceptors (Lipinski definition) is 5. The summed E-state index contributed by atoms with van der Waals surface area (Å²) in [5.41, 5.74) is 7.25. The molecule has 0 fully saturated rings. The number of allylic oxidation sites excluding steroid dienone is 3. The number of H-pyrrole nitrogens is 1. The molecule has 1 amide bonds. The lowest BCUT2D eigenvalue weighted by molar-refractivity contribution is 0.0966. The first-order valence-corrected chi connectivity index (χ1v) is 11.4. The number of likely N-dealkylation sites (N-methyl/N-ethyl adjacent to an activating group) is 2. The van der Waals surface area contributed by atoms with Gasteiger partial charge in [-0.05, 0) is 68.4 Å². The maximum atomic E-state index is 11.8. The van der Waals surface area contributed by atoms with Crippen molar-refractivity contribution in [2.24, 2.45) is 0 Å². The van der Waals surface area contributed by atoms with Crippen molar-refractivity contribution in [3.05, 3.63) is 71.2 Å². The van der Waals surface area contributed by atoms with E-state index in [9.17, 15) is 4.79 Å². The lowest BCUT2D eigenvalue weighted by Gasteiger charge is -2.26. The SMILES string of the molecule is CN(C)CCN(C)C1=CC(Nc2ccc3c(-c4ccc5c(c4)CNC5=O)c[nH]c3n2)=CCC1.[HH].[HH].[HH]. The molecule has 2 aromatic heterocycles. The smallest absolute Gasteiger partial charge is 0.251 e. The zero-order chi connectivity index (χ0) is 22.9. The highest BCUT2D eigenvalue weighted by atomic mass is 16.1. The van der Waals surface area contributed by atoms with E-state index in [4.69, 9.17) is 4.98 Å². The van der Waals surface area contributed by atoms with Crippen molar-refractivity contribution in [1.29, 1.82) is 0 Å². The number of amides is 1. The van der Waals surface area contributed by atoms with E-state index >= 15 is 0 Å². The largest absolute Gasteiger partial charge is 0.377 e. The Labute approximate surface area is 198 Å². The third-order valence-corrected chi connectivity index (χ3v) is 6.37. The number of nitrogens with zero attached hydrogens (tertiary/aromatic N) is 3. The Kier molecular flexibility index (Phi) is 5.64. The number of aromatic nitrogens is 2. The Balaban J connectivity index is 0.00000152. The second kappa shape index (κ2) is 8.75. The van der Waals surface area contributed by atoms with Crippen LogP contribution in [0, 0.1) is 0 Å². The van der Waals surface area contributed by atoms with Crippen LogP contribution >= 0.6 is 0 Å². The average Bonchev–Trinajstić information content (AvgIpc) is 3.40. The first-order chi connectivity index (χ1) is 16.0. The summed E-state index contributed by atoms with van der Waals surface area (Å²) in [6.45, 7) is 2.63. The van der Waals surface area contributed by atoms with Crippen molar-refractivity contribution in [3.8, 4) is 11.1 Å². The molecular formula is C26H36N6O. The minimum absolute atomic E-state index is 0. The average molecular weight is 449 g/mol. The fourth-order valence-electron chi connectivity index (χ4n) is 4.43. The number of aromatic amines is 1. The highest BCUT2D eigenvalue weighted by Gasteiger charge is 2.19. The molecule has 0 bridgehead atoms. The maximum absolute atomic E-state index is 11.8. The van der Waals surface area contributed by atoms with E-state index in [0.717, 1.165) is 70.7 Å². The van der Waals surface area contributed by atoms with Crippen molar-refractivity contribution >= 4 is 22.8 Å². The standard InChI is InChI=1S/C26H30N6O.3H2/c1-31(2)11-12-32(3)20-6-4-5-19(14-20)29-24-10-9-22-23(16-27-25(22)30-24)17-7-8-21-18(13-17)15-28-26(21)33;;;/h5,7-10,13-14,16H,4,6,11-12,15H2,1-3H3,(H,28,33)(H2,27,29,30);3*1H. The summed E-state index contributed by atoms with van der Waals surface area (Å²) < 4.78 is 0. The Hall–Kier alpha value is -3.58. The van der Waals surface area contributed by atoms with E-state index < -0.39 is 0 Å². The van der Waals surface area contributed by atoms with Crippen LogP contribution in [0.25, 0.3) is 22.2 Å². The van der Waals surface area contributed by atoms with Crippen LogP contribution in [0.3, 0.4) is 0 Å². The number of hydrogen-bond donors (Lipinski definition) is 3. The molecule has 1 aromatic carbocycles. The molecule has 0 unspecified atom stereocenters. The summed E-state index contributed by atoms with van der Waals surface area (Å²) in [4.78, 5) is 24.5. The van der Waals surface area contributed by atoms with Crippen molar-refractivity contribution in [1.82, 2.24) is 25.1 Å². The van der Waals surface area contributed by atoms with E-state index in [2.05, 4.69) is 70.8 Å². The number of benzene rings is 1. The topological polar surface area (TPSA) is 76.3 Å². The van der Waals surface area contributed by atoms with Crippen molar-refractivity contribution < 1.29 is 9.07 Å². The first kappa shape index (κ1) is 21.3. The normalized spacial score (nSPS) is 15.3. The van der Waals surface area contributed by atoms with Crippen LogP contribution in [-0.4, -0.2) is 59.9 Å². The molecule has 0 atom stereocenters. The summed E-state index contributed by atoms with van der Waals surface area (Å²) in [6.07, 6.45) is 8.53. The van der Waals surface area contributed by atoms with Gasteiger partial charge in [0.25, 0.3) is 5.91 Å². The minimum atomic E-state index is 0. The fraction of sp³-hybridized carbons (Fsp3) is 0.308. The van der Waals surface area contributed by atoms with Crippen molar-refractivity contribution in [3.63, 3.8) is 0 Å². The fourth-order valence-corrected chi connectivity index (χ4v) is 4.43. The number of anilines is 1. The molecule has 0 saturated carbocycles. The highest BCUT2D eigenvalue weighted by molar-refractivity contribution is 6.00. The lowest BCUT2D eigenvalue weighted by atomic mass is 10.0. The number of rotatable bonds is 7. The number of fused-ring (bicyclic) bond motifs is 2. The van der Waals surface area contributed by atoms with Gasteiger partial charge in [-0.2, -0.15) is 0 Å². The number of nitrogens with one attached hydrogen (secondary N) is 3. The van der Waals surface area contributed by atoms with Crippen molar-refractivity contribution in [2.45, 2.75) is 19.4 Å². The predicted molar refractivity (Wildman–Crippen MR) is 139 cm³/mol. The van der Waals surface area contributed by atoms with Gasteiger partial charge in [0.1, 0.15) is 11.5 Å². The Morgan fingerprint density at radius 2 is 2.00 bits per heavy atom. The van der Waals surface area contributed by atoms with Crippen molar-refractivity contribution in [2.75, 3.05) is 39.5 Å². The second-order valence-corrected chi connectivity index (χ2v) is 9.03. The van der Waals surface area contributed by atoms with Crippen LogP contribution < -0.4 is 10.6 Å². The van der Waals surface area contributed by atoms with Gasteiger partial charge in [-0.15, -0.1) is 0 Å². The Bertz CT molecular complexity index is 1280. The van der Waals surface area contributed by atoms with Crippen LogP contribution in [0.2, 0.25) is 0 Å². The third-order valence-electron chi connectivity index (χ3n) is 6.37. The number of pyridine rings is 1. The molecule has 2 aliphatic rings. The molecule has 33 heavy (non-hydrogen) atoms. The van der Waals surface area contributed by atoms with E-state index in [0.29, 0.717) is 6.54 Å². The molecule has 7 heteroatoms. The summed E-state index contributed by atoms with van der Waals surface area (Å²) in [5.74, 6) is 0.824. The second-order valence-electron chi connectivity index (χ2n) is 9.03. The maximum Gasteiger partial charge on any atom is 0.251 e. The zero-order valence-electron chi connectivity index (χ0n) is 19.4. The first-order valence-electron chi connectivity index (χ1n) is 11.4. The molecule has 0 radical (unpaired) electrons. The van der Waals surface area contributed by atoms with Gasteiger partial charge >= 0.3 is 0 Å². The van der Waals surface area contributed by atoms with Gasteiger partial charge in [0.2, 0.25) is 0 Å². The van der Waals surface area contributed by atoms with Gasteiger partial charge in [-0.3, -0.25) is 4.79 Å². The van der Waals surface area contributed by atoms with Gasteiger partial charge in [0.15, 0.2) is 0 Å². The number of carbonyl (C=O) groups is 1. The molecule has 3 heterocycles. The Morgan fingerprint density at radius 3 is 2.85 bits per heavy atom. The van der Waals surface area contributed by atoms with E-state index in [1.54, 1.807) is 0 Å². The van der Waals surface area contributed by atoms with Gasteiger partial charge in [-0.1, -0.05) is 12.1 Å². The molecule has 7 nitrogen and oxygen atoms in total. The van der Waals surface area contributed by atoms with Gasteiger partial charge in [0.05, 0.1) is 0 Å².